The predicted octanol–water partition coefficient (Wildman–Crippen LogP) is 2.38. The molecule has 0 aliphatic carbocycles. The van der Waals surface area contributed by atoms with Crippen LogP contribution in [0.4, 0.5) is 11.4 Å². The minimum absolute atomic E-state index is 0.133. The first-order valence-electron chi connectivity index (χ1n) is 17.2. The van der Waals surface area contributed by atoms with Crippen LogP contribution in [0.3, 0.4) is 0 Å². The molecule has 0 saturated carbocycles. The van der Waals surface area contributed by atoms with Crippen molar-refractivity contribution in [2.75, 3.05) is 68.8 Å². The van der Waals surface area contributed by atoms with Crippen molar-refractivity contribution in [2.45, 2.75) is 68.9 Å². The van der Waals surface area contributed by atoms with Crippen LogP contribution in [0.25, 0.3) is 11.1 Å². The van der Waals surface area contributed by atoms with Gasteiger partial charge >= 0.3 is 0 Å². The van der Waals surface area contributed by atoms with Crippen LogP contribution in [0.1, 0.15) is 67.9 Å². The number of piperidine rings is 3. The van der Waals surface area contributed by atoms with Gasteiger partial charge in [0.05, 0.1) is 24.5 Å². The van der Waals surface area contributed by atoms with Gasteiger partial charge in [-0.05, 0) is 68.5 Å². The molecule has 6 heterocycles. The molecule has 4 N–H and O–H groups in total. The van der Waals surface area contributed by atoms with Gasteiger partial charge in [-0.2, -0.15) is 0 Å². The van der Waals surface area contributed by atoms with Crippen molar-refractivity contribution < 1.29 is 23.9 Å². The summed E-state index contributed by atoms with van der Waals surface area (Å²) < 4.78 is 13.2. The second kappa shape index (κ2) is 12.4. The Hall–Kier alpha value is -3.83. The predicted molar refractivity (Wildman–Crippen MR) is 175 cm³/mol. The fourth-order valence-corrected chi connectivity index (χ4v) is 8.61. The number of nitrogens with zero attached hydrogens (tertiary/aromatic N) is 2. The molecule has 8 rings (SSSR count). The zero-order valence-electron chi connectivity index (χ0n) is 26.4. The lowest BCUT2D eigenvalue weighted by Gasteiger charge is -2.41. The number of carbonyl (C=O) groups excluding carboxylic acids is 3. The molecule has 0 radical (unpaired) electrons. The number of rotatable bonds is 5. The van der Waals surface area contributed by atoms with E-state index in [2.05, 4.69) is 55.3 Å². The van der Waals surface area contributed by atoms with Gasteiger partial charge in [-0.15, -0.1) is 0 Å². The lowest BCUT2D eigenvalue weighted by molar-refractivity contribution is -0.134. The van der Waals surface area contributed by atoms with Gasteiger partial charge in [-0.25, -0.2) is 0 Å². The fraction of sp³-hybridized carbons (Fsp3) is 0.571. The van der Waals surface area contributed by atoms with Gasteiger partial charge in [0.15, 0.2) is 0 Å². The monoisotopic (exact) mass is 628 g/mol. The quantitative estimate of drug-likeness (QED) is 0.370. The normalized spacial score (nSPS) is 28.0. The third kappa shape index (κ3) is 5.27. The molecule has 11 nitrogen and oxygen atoms in total. The van der Waals surface area contributed by atoms with Crippen LogP contribution >= 0.6 is 0 Å². The first-order chi connectivity index (χ1) is 22.6. The minimum atomic E-state index is -0.392. The molecule has 4 atom stereocenters. The highest BCUT2D eigenvalue weighted by Gasteiger charge is 2.39. The molecule has 0 spiro atoms. The average molecular weight is 629 g/mol. The van der Waals surface area contributed by atoms with Gasteiger partial charge < -0.3 is 35.2 Å². The van der Waals surface area contributed by atoms with Crippen molar-refractivity contribution in [2.24, 2.45) is 0 Å². The highest BCUT2D eigenvalue weighted by atomic mass is 16.5. The maximum absolute atomic E-state index is 13.0. The number of fused-ring (bicyclic) bond motifs is 2. The van der Waals surface area contributed by atoms with E-state index in [0.717, 1.165) is 81.3 Å². The summed E-state index contributed by atoms with van der Waals surface area (Å²) in [5.74, 6) is 2.13. The molecule has 2 unspecified atom stereocenters. The Balaban J connectivity index is 1.26. The average Bonchev–Trinajstić information content (AvgIpc) is 3.62. The van der Waals surface area contributed by atoms with Crippen LogP contribution in [0, 0.1) is 0 Å². The molecule has 244 valence electrons. The number of nitrogens with one attached hydrogen (secondary N) is 4. The number of ether oxygens (including phenoxy) is 2. The van der Waals surface area contributed by atoms with Crippen molar-refractivity contribution in [3.8, 4) is 22.6 Å². The summed E-state index contributed by atoms with van der Waals surface area (Å²) in [5.41, 5.74) is 6.89. The van der Waals surface area contributed by atoms with E-state index in [1.54, 1.807) is 0 Å². The summed E-state index contributed by atoms with van der Waals surface area (Å²) in [5, 5.41) is 12.9. The number of hydrogen-bond acceptors (Lipinski definition) is 9. The largest absolute Gasteiger partial charge is 0.489 e. The lowest BCUT2D eigenvalue weighted by Crippen LogP contribution is -2.54. The van der Waals surface area contributed by atoms with E-state index in [1.165, 1.54) is 22.3 Å². The van der Waals surface area contributed by atoms with Crippen molar-refractivity contribution in [1.29, 1.82) is 0 Å². The van der Waals surface area contributed by atoms with Gasteiger partial charge in [0.2, 0.25) is 17.7 Å². The third-order valence-electron chi connectivity index (χ3n) is 10.9. The molecular weight excluding hydrogens is 584 g/mol. The first-order valence-corrected chi connectivity index (χ1v) is 17.2. The summed E-state index contributed by atoms with van der Waals surface area (Å²) in [4.78, 5) is 41.5. The molecule has 11 heteroatoms. The van der Waals surface area contributed by atoms with Crippen LogP contribution in [0.15, 0.2) is 24.3 Å². The molecule has 2 aromatic carbocycles. The summed E-state index contributed by atoms with van der Waals surface area (Å²) in [7, 11) is 0. The molecule has 0 aromatic heterocycles. The Morgan fingerprint density at radius 2 is 1.33 bits per heavy atom. The Labute approximate surface area is 269 Å². The topological polar surface area (TPSA) is 124 Å². The Morgan fingerprint density at radius 1 is 0.674 bits per heavy atom. The van der Waals surface area contributed by atoms with Gasteiger partial charge in [0, 0.05) is 61.5 Å². The highest BCUT2D eigenvalue weighted by molar-refractivity contribution is 6.02. The first kappa shape index (κ1) is 29.6. The molecule has 3 amide bonds. The zero-order valence-corrected chi connectivity index (χ0v) is 26.4. The van der Waals surface area contributed by atoms with Crippen LogP contribution in [-0.4, -0.2) is 88.8 Å². The van der Waals surface area contributed by atoms with E-state index < -0.39 is 6.04 Å². The van der Waals surface area contributed by atoms with E-state index in [4.69, 9.17) is 9.47 Å². The zero-order chi connectivity index (χ0) is 31.2. The summed E-state index contributed by atoms with van der Waals surface area (Å²) >= 11 is 0. The summed E-state index contributed by atoms with van der Waals surface area (Å²) in [6.45, 7) is 6.91. The van der Waals surface area contributed by atoms with Crippen molar-refractivity contribution in [3.63, 3.8) is 0 Å². The van der Waals surface area contributed by atoms with Gasteiger partial charge in [0.1, 0.15) is 30.8 Å². The molecule has 6 aliphatic heterocycles. The maximum atomic E-state index is 13.0. The van der Waals surface area contributed by atoms with Crippen molar-refractivity contribution >= 4 is 29.1 Å². The number of amides is 3. The fourth-order valence-electron chi connectivity index (χ4n) is 8.61. The highest BCUT2D eigenvalue weighted by Crippen LogP contribution is 2.52. The Kier molecular flexibility index (Phi) is 7.97. The molecule has 4 saturated heterocycles. The van der Waals surface area contributed by atoms with E-state index in [0.29, 0.717) is 51.5 Å². The number of anilines is 2. The SMILES string of the molecule is O=C1CCC(N2CCOc3c2ccc(-c2ccc4c(c2[C@@H]2CCCNC2)OCCN4C2CCC(=O)NC2=O)c3[C@@H]2CCNC2)CN1. The van der Waals surface area contributed by atoms with Crippen LogP contribution < -0.4 is 40.5 Å². The molecule has 2 aromatic rings. The second-order valence-corrected chi connectivity index (χ2v) is 13.5. The molecular formula is C35H44N6O5. The number of carbonyl (C=O) groups is 3. The number of benzene rings is 2. The van der Waals surface area contributed by atoms with Crippen molar-refractivity contribution in [3.05, 3.63) is 35.4 Å². The van der Waals surface area contributed by atoms with Gasteiger partial charge in [-0.1, -0.05) is 12.1 Å². The van der Waals surface area contributed by atoms with E-state index in [1.807, 2.05) is 0 Å². The molecule has 6 aliphatic rings. The van der Waals surface area contributed by atoms with Crippen molar-refractivity contribution in [1.82, 2.24) is 21.3 Å². The minimum Gasteiger partial charge on any atom is -0.489 e. The van der Waals surface area contributed by atoms with Crippen LogP contribution in [0.5, 0.6) is 11.5 Å². The Morgan fingerprint density at radius 3 is 1.96 bits per heavy atom. The summed E-state index contributed by atoms with van der Waals surface area (Å²) in [6, 6.07) is 8.74. The smallest absolute Gasteiger partial charge is 0.249 e. The van der Waals surface area contributed by atoms with Gasteiger partial charge in [0.25, 0.3) is 0 Å². The number of hydrogen-bond donors (Lipinski definition) is 4. The van der Waals surface area contributed by atoms with Crippen LogP contribution in [0.2, 0.25) is 0 Å². The molecule has 0 bridgehead atoms. The van der Waals surface area contributed by atoms with Crippen LogP contribution in [-0.2, 0) is 14.4 Å². The number of imide groups is 1. The Bertz CT molecular complexity index is 1520. The summed E-state index contributed by atoms with van der Waals surface area (Å²) in [6.07, 6.45) is 5.44. The lowest BCUT2D eigenvalue weighted by atomic mass is 9.80. The molecule has 4 fully saturated rings. The second-order valence-electron chi connectivity index (χ2n) is 13.5. The third-order valence-corrected chi connectivity index (χ3v) is 10.9. The van der Waals surface area contributed by atoms with E-state index >= 15 is 0 Å². The molecule has 46 heavy (non-hydrogen) atoms. The standard InChI is InChI=1S/C35H44N6O5/c42-29-9-3-23(20-38-29)40-14-16-45-33-26(40)6-4-25(32(33)22-11-13-37-19-22)24-5-7-27-34(31(24)21-2-1-12-36-18-21)46-17-15-41(27)28-8-10-30(43)39-35(28)44/h4-7,21-23,28,36-37H,1-3,8-20H2,(H,38,42)(H,39,43,44)/t21-,22-,23?,28?/m1/s1. The maximum Gasteiger partial charge on any atom is 0.249 e. The van der Waals surface area contributed by atoms with Gasteiger partial charge in [-0.3, -0.25) is 19.7 Å². The van der Waals surface area contributed by atoms with E-state index in [-0.39, 0.29) is 29.7 Å². The van der Waals surface area contributed by atoms with E-state index in [9.17, 15) is 14.4 Å².